The number of ether oxygens (including phenoxy) is 2. The molecule has 30 heavy (non-hydrogen) atoms. The smallest absolute Gasteiger partial charge is 0.355 e. The van der Waals surface area contributed by atoms with Crippen molar-refractivity contribution in [3.05, 3.63) is 76.4 Å². The van der Waals surface area contributed by atoms with Gasteiger partial charge in [-0.3, -0.25) is 4.79 Å². The first-order valence-electron chi connectivity index (χ1n) is 9.23. The molecule has 0 aliphatic heterocycles. The number of nitrogens with one attached hydrogen (secondary N) is 2. The van der Waals surface area contributed by atoms with Crippen LogP contribution in [-0.2, 0) is 22.6 Å². The van der Waals surface area contributed by atoms with E-state index in [1.807, 2.05) is 36.4 Å². The van der Waals surface area contributed by atoms with Gasteiger partial charge in [-0.15, -0.1) is 11.3 Å². The summed E-state index contributed by atoms with van der Waals surface area (Å²) in [6.07, 6.45) is 0.124. The number of carbonyl (C=O) groups excluding carboxylic acids is 2. The van der Waals surface area contributed by atoms with Gasteiger partial charge in [0.25, 0.3) is 0 Å². The van der Waals surface area contributed by atoms with E-state index < -0.39 is 5.97 Å². The van der Waals surface area contributed by atoms with Crippen molar-refractivity contribution < 1.29 is 19.1 Å². The second-order valence-corrected chi connectivity index (χ2v) is 7.45. The number of para-hydroxylation sites is 3. The van der Waals surface area contributed by atoms with Crippen molar-refractivity contribution in [1.82, 2.24) is 9.97 Å². The summed E-state index contributed by atoms with van der Waals surface area (Å²) in [4.78, 5) is 32.0. The highest BCUT2D eigenvalue weighted by Crippen LogP contribution is 2.23. The maximum atomic E-state index is 12.3. The maximum Gasteiger partial charge on any atom is 0.355 e. The van der Waals surface area contributed by atoms with Crippen LogP contribution in [0.15, 0.2) is 60.0 Å². The molecule has 0 saturated carbocycles. The Bertz CT molecular complexity index is 1160. The number of rotatable bonds is 7. The number of methoxy groups -OCH3 is 1. The van der Waals surface area contributed by atoms with E-state index >= 15 is 0 Å². The second kappa shape index (κ2) is 8.79. The maximum absolute atomic E-state index is 12.3. The van der Waals surface area contributed by atoms with Crippen molar-refractivity contribution >= 4 is 39.8 Å². The SMILES string of the molecule is COc1ccccc1NC(=O)Cc1nc(COC(=O)c2cc3ccccc3[nH]2)cs1. The average molecular weight is 421 g/mol. The summed E-state index contributed by atoms with van der Waals surface area (Å²) in [5.74, 6) is -0.0558. The van der Waals surface area contributed by atoms with E-state index in [0.717, 1.165) is 10.9 Å². The molecule has 152 valence electrons. The van der Waals surface area contributed by atoms with Crippen molar-refractivity contribution in [3.63, 3.8) is 0 Å². The number of esters is 1. The topological polar surface area (TPSA) is 93.3 Å². The van der Waals surface area contributed by atoms with Crippen molar-refractivity contribution in [1.29, 1.82) is 0 Å². The van der Waals surface area contributed by atoms with E-state index in [0.29, 0.717) is 27.8 Å². The molecule has 2 aromatic heterocycles. The van der Waals surface area contributed by atoms with Gasteiger partial charge in [0.15, 0.2) is 0 Å². The minimum atomic E-state index is -0.449. The Labute approximate surface area is 176 Å². The van der Waals surface area contributed by atoms with E-state index in [1.165, 1.54) is 11.3 Å². The predicted octanol–water partition coefficient (Wildman–Crippen LogP) is 4.17. The third kappa shape index (κ3) is 4.49. The fraction of sp³-hybridized carbons (Fsp3) is 0.136. The van der Waals surface area contributed by atoms with E-state index in [-0.39, 0.29) is 18.9 Å². The van der Waals surface area contributed by atoms with Gasteiger partial charge in [-0.1, -0.05) is 30.3 Å². The quantitative estimate of drug-likeness (QED) is 0.437. The standard InChI is InChI=1S/C22H19N3O4S/c1-28-19-9-5-4-8-17(19)25-20(26)11-21-23-15(13-30-21)12-29-22(27)18-10-14-6-2-3-7-16(14)24-18/h2-10,13,24H,11-12H2,1H3,(H,25,26). The summed E-state index contributed by atoms with van der Waals surface area (Å²) >= 11 is 1.35. The fourth-order valence-corrected chi connectivity index (χ4v) is 3.75. The molecule has 2 aromatic carbocycles. The number of anilines is 1. The number of carbonyl (C=O) groups is 2. The van der Waals surface area contributed by atoms with Crippen LogP contribution in [0.1, 0.15) is 21.2 Å². The van der Waals surface area contributed by atoms with Crippen LogP contribution in [0.3, 0.4) is 0 Å². The van der Waals surface area contributed by atoms with Gasteiger partial charge < -0.3 is 19.8 Å². The minimum Gasteiger partial charge on any atom is -0.495 e. The number of hydrogen-bond donors (Lipinski definition) is 2. The minimum absolute atomic E-state index is 0.0405. The van der Waals surface area contributed by atoms with Crippen LogP contribution in [0.2, 0.25) is 0 Å². The summed E-state index contributed by atoms with van der Waals surface area (Å²) in [6.45, 7) is 0.0405. The number of thiazole rings is 1. The lowest BCUT2D eigenvalue weighted by molar-refractivity contribution is -0.115. The molecule has 0 radical (unpaired) electrons. The highest BCUT2D eigenvalue weighted by atomic mass is 32.1. The van der Waals surface area contributed by atoms with Crippen LogP contribution in [0.25, 0.3) is 10.9 Å². The van der Waals surface area contributed by atoms with E-state index in [9.17, 15) is 9.59 Å². The molecule has 1 amide bonds. The van der Waals surface area contributed by atoms with Gasteiger partial charge in [-0.05, 0) is 24.3 Å². The second-order valence-electron chi connectivity index (χ2n) is 6.50. The number of hydrogen-bond acceptors (Lipinski definition) is 6. The monoisotopic (exact) mass is 421 g/mol. The lowest BCUT2D eigenvalue weighted by Gasteiger charge is -2.08. The molecule has 0 aliphatic rings. The van der Waals surface area contributed by atoms with Gasteiger partial charge in [0, 0.05) is 16.3 Å². The number of aromatic amines is 1. The summed E-state index contributed by atoms with van der Waals surface area (Å²) in [5, 5.41) is 6.18. The van der Waals surface area contributed by atoms with Crippen LogP contribution >= 0.6 is 11.3 Å². The summed E-state index contributed by atoms with van der Waals surface area (Å²) in [5.41, 5.74) is 2.47. The summed E-state index contributed by atoms with van der Waals surface area (Å²) in [6, 6.07) is 16.6. The van der Waals surface area contributed by atoms with E-state index in [1.54, 1.807) is 30.7 Å². The highest BCUT2D eigenvalue weighted by Gasteiger charge is 2.14. The van der Waals surface area contributed by atoms with Gasteiger partial charge in [0.2, 0.25) is 5.91 Å². The Balaban J connectivity index is 1.32. The Kier molecular flexibility index (Phi) is 5.76. The molecule has 4 rings (SSSR count). The molecule has 0 spiro atoms. The zero-order valence-corrected chi connectivity index (χ0v) is 17.0. The first-order chi connectivity index (χ1) is 14.6. The van der Waals surface area contributed by atoms with Gasteiger partial charge in [0.05, 0.1) is 24.9 Å². The van der Waals surface area contributed by atoms with Crippen LogP contribution < -0.4 is 10.1 Å². The number of benzene rings is 2. The van der Waals surface area contributed by atoms with Crippen molar-refractivity contribution in [3.8, 4) is 5.75 Å². The molecule has 7 nitrogen and oxygen atoms in total. The molecule has 2 heterocycles. The molecular weight excluding hydrogens is 402 g/mol. The number of nitrogens with zero attached hydrogens (tertiary/aromatic N) is 1. The van der Waals surface area contributed by atoms with Crippen LogP contribution in [-0.4, -0.2) is 29.0 Å². The first-order valence-corrected chi connectivity index (χ1v) is 10.1. The molecule has 4 aromatic rings. The Hall–Kier alpha value is -3.65. The van der Waals surface area contributed by atoms with E-state index in [4.69, 9.17) is 9.47 Å². The lowest BCUT2D eigenvalue weighted by atomic mass is 10.2. The molecule has 2 N–H and O–H groups in total. The summed E-state index contributed by atoms with van der Waals surface area (Å²) < 4.78 is 10.6. The Morgan fingerprint density at radius 1 is 1.13 bits per heavy atom. The van der Waals surface area contributed by atoms with Crippen molar-refractivity contribution in [2.45, 2.75) is 13.0 Å². The van der Waals surface area contributed by atoms with Crippen LogP contribution in [0, 0.1) is 0 Å². The van der Waals surface area contributed by atoms with Gasteiger partial charge in [0.1, 0.15) is 23.1 Å². The Morgan fingerprint density at radius 3 is 2.77 bits per heavy atom. The molecule has 8 heteroatoms. The predicted molar refractivity (Wildman–Crippen MR) is 115 cm³/mol. The zero-order chi connectivity index (χ0) is 20.9. The largest absolute Gasteiger partial charge is 0.495 e. The third-order valence-electron chi connectivity index (χ3n) is 4.39. The Morgan fingerprint density at radius 2 is 1.93 bits per heavy atom. The number of aromatic nitrogens is 2. The average Bonchev–Trinajstić information content (AvgIpc) is 3.39. The van der Waals surface area contributed by atoms with Crippen LogP contribution in [0.4, 0.5) is 5.69 Å². The lowest BCUT2D eigenvalue weighted by Crippen LogP contribution is -2.15. The highest BCUT2D eigenvalue weighted by molar-refractivity contribution is 7.09. The van der Waals surface area contributed by atoms with Gasteiger partial charge in [-0.2, -0.15) is 0 Å². The molecule has 0 saturated heterocycles. The van der Waals surface area contributed by atoms with Crippen molar-refractivity contribution in [2.24, 2.45) is 0 Å². The summed E-state index contributed by atoms with van der Waals surface area (Å²) in [7, 11) is 1.55. The van der Waals surface area contributed by atoms with E-state index in [2.05, 4.69) is 15.3 Å². The van der Waals surface area contributed by atoms with Crippen molar-refractivity contribution in [2.75, 3.05) is 12.4 Å². The molecular formula is C22H19N3O4S. The molecule has 0 aliphatic carbocycles. The molecule has 0 bridgehead atoms. The van der Waals surface area contributed by atoms with Gasteiger partial charge >= 0.3 is 5.97 Å². The molecule has 0 fully saturated rings. The fourth-order valence-electron chi connectivity index (χ4n) is 2.98. The zero-order valence-electron chi connectivity index (χ0n) is 16.2. The van der Waals surface area contributed by atoms with Crippen LogP contribution in [0.5, 0.6) is 5.75 Å². The third-order valence-corrected chi connectivity index (χ3v) is 5.29. The molecule has 0 atom stereocenters. The number of H-pyrrole nitrogens is 1. The number of amides is 1. The first kappa shape index (κ1) is 19.7. The number of fused-ring (bicyclic) bond motifs is 1. The molecule has 0 unspecified atom stereocenters. The van der Waals surface area contributed by atoms with Gasteiger partial charge in [-0.25, -0.2) is 9.78 Å². The normalized spacial score (nSPS) is 10.7.